The molecule has 1 aliphatic rings. The molecule has 21 heavy (non-hydrogen) atoms. The van der Waals surface area contributed by atoms with E-state index in [-0.39, 0.29) is 22.5 Å². The summed E-state index contributed by atoms with van der Waals surface area (Å²) in [5, 5.41) is 10.0. The molecule has 108 valence electrons. The number of imidazole rings is 1. The molecular formula is C14H15N5O2. The van der Waals surface area contributed by atoms with Gasteiger partial charge in [-0.15, -0.1) is 0 Å². The molecule has 0 unspecified atom stereocenters. The molecule has 7 nitrogen and oxygen atoms in total. The van der Waals surface area contributed by atoms with Crippen LogP contribution in [0.4, 0.5) is 5.82 Å². The van der Waals surface area contributed by atoms with E-state index in [4.69, 9.17) is 0 Å². The van der Waals surface area contributed by atoms with Gasteiger partial charge in [-0.1, -0.05) is 13.8 Å². The minimum absolute atomic E-state index is 0.0786. The highest BCUT2D eigenvalue weighted by atomic mass is 16.3. The molecule has 0 saturated heterocycles. The summed E-state index contributed by atoms with van der Waals surface area (Å²) in [4.78, 5) is 31.2. The summed E-state index contributed by atoms with van der Waals surface area (Å²) in [6.07, 6.45) is 5.08. The minimum Gasteiger partial charge on any atom is -0.511 e. The first-order valence-corrected chi connectivity index (χ1v) is 6.60. The molecule has 7 heteroatoms. The number of hydrogen-bond donors (Lipinski definition) is 2. The first-order chi connectivity index (χ1) is 9.96. The van der Waals surface area contributed by atoms with Crippen LogP contribution >= 0.6 is 0 Å². The number of fused-ring (bicyclic) bond motifs is 1. The van der Waals surface area contributed by atoms with Gasteiger partial charge in [0.1, 0.15) is 17.6 Å². The van der Waals surface area contributed by atoms with E-state index in [0.717, 1.165) is 0 Å². The smallest absolute Gasteiger partial charge is 0.182 e. The number of aliphatic hydroxyl groups is 1. The molecule has 0 atom stereocenters. The number of allylic oxidation sites excluding steroid dienone is 2. The Morgan fingerprint density at radius 2 is 2.14 bits per heavy atom. The summed E-state index contributed by atoms with van der Waals surface area (Å²) in [5.74, 6) is 0.354. The normalized spacial score (nSPS) is 18.9. The number of nitrogens with one attached hydrogen (secondary N) is 1. The third-order valence-electron chi connectivity index (χ3n) is 3.42. The van der Waals surface area contributed by atoms with Gasteiger partial charge in [-0.3, -0.25) is 4.79 Å². The lowest BCUT2D eigenvalue weighted by Crippen LogP contribution is -2.26. The average Bonchev–Trinajstić information content (AvgIpc) is 2.85. The lowest BCUT2D eigenvalue weighted by atomic mass is 9.77. The number of carbonyl (C=O) groups excluding carboxylic acids is 1. The molecule has 2 heterocycles. The second-order valence-electron chi connectivity index (χ2n) is 5.86. The van der Waals surface area contributed by atoms with Crippen LogP contribution in [0.3, 0.4) is 0 Å². The van der Waals surface area contributed by atoms with E-state index in [2.05, 4.69) is 24.9 Å². The number of aliphatic imine (C=N–C) groups is 1. The standard InChI is InChI=1S/C14H15N5O2/c1-14(2)3-9(20)8(10(21)4-14)5-15-12-11-13(17-6-16-11)19-7-18-12/h5-7,20H,3-4H2,1-2H3,(H,16,17,18,19). The molecule has 0 radical (unpaired) electrons. The van der Waals surface area contributed by atoms with Gasteiger partial charge < -0.3 is 10.1 Å². The van der Waals surface area contributed by atoms with Crippen LogP contribution in [-0.2, 0) is 4.79 Å². The van der Waals surface area contributed by atoms with E-state index in [1.807, 2.05) is 13.8 Å². The van der Waals surface area contributed by atoms with Crippen LogP contribution in [0.2, 0.25) is 0 Å². The van der Waals surface area contributed by atoms with Crippen LogP contribution in [0.15, 0.2) is 29.0 Å². The highest BCUT2D eigenvalue weighted by molar-refractivity contribution is 6.15. The Labute approximate surface area is 120 Å². The fourth-order valence-corrected chi connectivity index (χ4v) is 2.42. The molecule has 0 fully saturated rings. The van der Waals surface area contributed by atoms with Crippen molar-refractivity contribution in [1.82, 2.24) is 19.9 Å². The molecule has 3 rings (SSSR count). The van der Waals surface area contributed by atoms with Gasteiger partial charge in [0.2, 0.25) is 0 Å². The van der Waals surface area contributed by atoms with Crippen molar-refractivity contribution >= 4 is 29.0 Å². The van der Waals surface area contributed by atoms with Crippen LogP contribution in [0.1, 0.15) is 26.7 Å². The van der Waals surface area contributed by atoms with E-state index in [0.29, 0.717) is 29.8 Å². The molecule has 0 aromatic carbocycles. The van der Waals surface area contributed by atoms with E-state index in [1.54, 1.807) is 0 Å². The molecule has 2 aromatic rings. The number of H-pyrrole nitrogens is 1. The number of rotatable bonds is 2. The third kappa shape index (κ3) is 2.54. The van der Waals surface area contributed by atoms with E-state index < -0.39 is 0 Å². The highest BCUT2D eigenvalue weighted by Crippen LogP contribution is 2.35. The zero-order valence-electron chi connectivity index (χ0n) is 11.8. The topological polar surface area (TPSA) is 104 Å². The largest absolute Gasteiger partial charge is 0.511 e. The minimum atomic E-state index is -0.218. The second-order valence-corrected chi connectivity index (χ2v) is 5.86. The van der Waals surface area contributed by atoms with Gasteiger partial charge in [0, 0.05) is 19.1 Å². The van der Waals surface area contributed by atoms with Crippen LogP contribution in [0.5, 0.6) is 0 Å². The number of aromatic nitrogens is 4. The Morgan fingerprint density at radius 1 is 1.33 bits per heavy atom. The van der Waals surface area contributed by atoms with E-state index in [1.165, 1.54) is 18.9 Å². The van der Waals surface area contributed by atoms with Crippen molar-refractivity contribution in [2.24, 2.45) is 10.4 Å². The van der Waals surface area contributed by atoms with Crippen LogP contribution in [0, 0.1) is 5.41 Å². The molecule has 2 aromatic heterocycles. The summed E-state index contributed by atoms with van der Waals surface area (Å²) in [6.45, 7) is 3.90. The Bertz CT molecular complexity index is 773. The van der Waals surface area contributed by atoms with Crippen molar-refractivity contribution in [1.29, 1.82) is 0 Å². The van der Waals surface area contributed by atoms with Crippen molar-refractivity contribution in [3.63, 3.8) is 0 Å². The lowest BCUT2D eigenvalue weighted by Gasteiger charge is -2.28. The Hall–Kier alpha value is -2.57. The van der Waals surface area contributed by atoms with Gasteiger partial charge in [0.05, 0.1) is 11.9 Å². The maximum absolute atomic E-state index is 12.1. The highest BCUT2D eigenvalue weighted by Gasteiger charge is 2.32. The SMILES string of the molecule is CC1(C)CC(=O)C(C=Nc2ncnc3nc[nH]c23)=C(O)C1. The zero-order chi connectivity index (χ0) is 15.0. The van der Waals surface area contributed by atoms with Gasteiger partial charge in [-0.05, 0) is 5.41 Å². The van der Waals surface area contributed by atoms with Gasteiger partial charge >= 0.3 is 0 Å². The monoisotopic (exact) mass is 285 g/mol. The van der Waals surface area contributed by atoms with Crippen molar-refractivity contribution < 1.29 is 9.90 Å². The van der Waals surface area contributed by atoms with Crippen molar-refractivity contribution in [3.05, 3.63) is 24.0 Å². The fraction of sp³-hybridized carbons (Fsp3) is 0.357. The summed E-state index contributed by atoms with van der Waals surface area (Å²) in [5.41, 5.74) is 1.13. The fourth-order valence-electron chi connectivity index (χ4n) is 2.42. The van der Waals surface area contributed by atoms with Crippen molar-refractivity contribution in [2.75, 3.05) is 0 Å². The third-order valence-corrected chi connectivity index (χ3v) is 3.42. The number of Topliss-reactive ketones (excluding diaryl/α,β-unsaturated/α-hetero) is 1. The molecule has 0 bridgehead atoms. The molecule has 2 N–H and O–H groups in total. The molecule has 1 aliphatic carbocycles. The molecule has 0 spiro atoms. The maximum Gasteiger partial charge on any atom is 0.182 e. The van der Waals surface area contributed by atoms with Crippen LogP contribution in [0.25, 0.3) is 11.2 Å². The molecule has 0 aliphatic heterocycles. The van der Waals surface area contributed by atoms with E-state index >= 15 is 0 Å². The van der Waals surface area contributed by atoms with Crippen LogP contribution in [-0.4, -0.2) is 37.0 Å². The van der Waals surface area contributed by atoms with Gasteiger partial charge in [0.25, 0.3) is 0 Å². The predicted molar refractivity (Wildman–Crippen MR) is 77.5 cm³/mol. The molecule has 0 saturated carbocycles. The van der Waals surface area contributed by atoms with Crippen molar-refractivity contribution in [2.45, 2.75) is 26.7 Å². The van der Waals surface area contributed by atoms with E-state index in [9.17, 15) is 9.90 Å². The average molecular weight is 285 g/mol. The zero-order valence-corrected chi connectivity index (χ0v) is 11.8. The summed E-state index contributed by atoms with van der Waals surface area (Å²) < 4.78 is 0. The number of carbonyl (C=O) groups is 1. The number of ketones is 1. The first-order valence-electron chi connectivity index (χ1n) is 6.60. The number of nitrogens with zero attached hydrogens (tertiary/aromatic N) is 4. The molecular weight excluding hydrogens is 270 g/mol. The van der Waals surface area contributed by atoms with Crippen LogP contribution < -0.4 is 0 Å². The Balaban J connectivity index is 1.96. The predicted octanol–water partition coefficient (Wildman–Crippen LogP) is 2.26. The summed E-state index contributed by atoms with van der Waals surface area (Å²) in [6, 6.07) is 0. The Kier molecular flexibility index (Phi) is 3.04. The number of aliphatic hydroxyl groups excluding tert-OH is 1. The van der Waals surface area contributed by atoms with Gasteiger partial charge in [0.15, 0.2) is 17.2 Å². The summed E-state index contributed by atoms with van der Waals surface area (Å²) in [7, 11) is 0. The first kappa shape index (κ1) is 13.4. The maximum atomic E-state index is 12.1. The number of hydrogen-bond acceptors (Lipinski definition) is 6. The molecule has 0 amide bonds. The second kappa shape index (κ2) is 4.76. The lowest BCUT2D eigenvalue weighted by molar-refractivity contribution is -0.117. The Morgan fingerprint density at radius 3 is 2.90 bits per heavy atom. The van der Waals surface area contributed by atoms with Gasteiger partial charge in [-0.25, -0.2) is 19.9 Å². The number of aromatic amines is 1. The summed E-state index contributed by atoms with van der Waals surface area (Å²) >= 11 is 0. The quantitative estimate of drug-likeness (QED) is 0.823. The van der Waals surface area contributed by atoms with Crippen molar-refractivity contribution in [3.8, 4) is 0 Å². The van der Waals surface area contributed by atoms with Gasteiger partial charge in [-0.2, -0.15) is 0 Å².